The minimum absolute atomic E-state index is 0.340. The third-order valence-electron chi connectivity index (χ3n) is 2.32. The number of nitriles is 1. The molecule has 0 saturated heterocycles. The average Bonchev–Trinajstić information content (AvgIpc) is 2.62. The van der Waals surface area contributed by atoms with Crippen molar-refractivity contribution in [2.24, 2.45) is 5.41 Å². The number of carbonyl (C=O) groups is 1. The molecule has 0 aliphatic heterocycles. The zero-order valence-corrected chi connectivity index (χ0v) is 9.00. The van der Waals surface area contributed by atoms with E-state index in [1.807, 2.05) is 6.07 Å². The molecule has 0 radical (unpaired) electrons. The zero-order chi connectivity index (χ0) is 11.5. The fourth-order valence-corrected chi connectivity index (χ4v) is 0.970. The Morgan fingerprint density at radius 3 is 2.87 bits per heavy atom. The Morgan fingerprint density at radius 1 is 1.80 bits per heavy atom. The topological polar surface area (TPSA) is 78.9 Å². The molecular weight excluding hydrogens is 194 g/mol. The lowest BCUT2D eigenvalue weighted by atomic mass is 9.88. The summed E-state index contributed by atoms with van der Waals surface area (Å²) < 4.78 is 4.80. The molecule has 5 nitrogen and oxygen atoms in total. The Bertz CT molecular complexity index is 405. The van der Waals surface area contributed by atoms with Crippen LogP contribution in [0.5, 0.6) is 0 Å². The predicted octanol–water partition coefficient (Wildman–Crippen LogP) is 1.86. The van der Waals surface area contributed by atoms with Gasteiger partial charge in [-0.1, -0.05) is 12.1 Å². The van der Waals surface area contributed by atoms with Crippen LogP contribution in [-0.4, -0.2) is 11.1 Å². The SMILES string of the molecule is CCC(C)(C#N)C(=O)Nc1cc(C)on1. The van der Waals surface area contributed by atoms with E-state index < -0.39 is 5.41 Å². The second kappa shape index (κ2) is 4.13. The number of nitrogens with one attached hydrogen (secondary N) is 1. The van der Waals surface area contributed by atoms with Crippen molar-refractivity contribution in [1.82, 2.24) is 5.16 Å². The molecule has 1 atom stereocenters. The van der Waals surface area contributed by atoms with Gasteiger partial charge in [0.25, 0.3) is 0 Å². The lowest BCUT2D eigenvalue weighted by Crippen LogP contribution is -2.31. The molecule has 80 valence electrons. The van der Waals surface area contributed by atoms with Crippen molar-refractivity contribution >= 4 is 11.7 Å². The van der Waals surface area contributed by atoms with Crippen molar-refractivity contribution in [2.45, 2.75) is 27.2 Å². The van der Waals surface area contributed by atoms with Crippen LogP contribution in [0.3, 0.4) is 0 Å². The molecule has 0 aromatic carbocycles. The molecule has 15 heavy (non-hydrogen) atoms. The molecule has 0 aliphatic rings. The Kier molecular flexibility index (Phi) is 3.10. The third kappa shape index (κ3) is 2.34. The smallest absolute Gasteiger partial charge is 0.245 e. The molecule has 1 unspecified atom stereocenters. The molecule has 0 bridgehead atoms. The van der Waals surface area contributed by atoms with Gasteiger partial charge in [0.15, 0.2) is 5.82 Å². The van der Waals surface area contributed by atoms with Gasteiger partial charge in [-0.25, -0.2) is 0 Å². The van der Waals surface area contributed by atoms with E-state index in [4.69, 9.17) is 9.78 Å². The molecule has 1 rings (SSSR count). The summed E-state index contributed by atoms with van der Waals surface area (Å²) in [6.07, 6.45) is 0.451. The number of rotatable bonds is 3. The standard InChI is InChI=1S/C10H13N3O2/c1-4-10(3,6-11)9(14)12-8-5-7(2)15-13-8/h5H,4H2,1-3H3,(H,12,13,14). The van der Waals surface area contributed by atoms with Gasteiger partial charge in [-0.05, 0) is 20.3 Å². The minimum Gasteiger partial charge on any atom is -0.360 e. The van der Waals surface area contributed by atoms with E-state index in [0.717, 1.165) is 0 Å². The zero-order valence-electron chi connectivity index (χ0n) is 9.00. The second-order valence-electron chi connectivity index (χ2n) is 3.57. The second-order valence-corrected chi connectivity index (χ2v) is 3.57. The Balaban J connectivity index is 2.76. The summed E-state index contributed by atoms with van der Waals surface area (Å²) in [5.74, 6) is 0.591. The predicted molar refractivity (Wildman–Crippen MR) is 53.9 cm³/mol. The first-order valence-corrected chi connectivity index (χ1v) is 4.68. The van der Waals surface area contributed by atoms with E-state index in [0.29, 0.717) is 18.0 Å². The number of hydrogen-bond donors (Lipinski definition) is 1. The molecule has 1 aromatic heterocycles. The van der Waals surface area contributed by atoms with E-state index in [2.05, 4.69) is 10.5 Å². The number of hydrogen-bond acceptors (Lipinski definition) is 4. The summed E-state index contributed by atoms with van der Waals surface area (Å²) in [6.45, 7) is 5.11. The van der Waals surface area contributed by atoms with Gasteiger partial charge in [0.05, 0.1) is 6.07 Å². The Labute approximate surface area is 88.1 Å². The molecule has 5 heteroatoms. The maximum absolute atomic E-state index is 11.7. The van der Waals surface area contributed by atoms with Crippen molar-refractivity contribution in [3.05, 3.63) is 11.8 Å². The van der Waals surface area contributed by atoms with Crippen LogP contribution < -0.4 is 5.32 Å². The number of nitrogens with zero attached hydrogens (tertiary/aromatic N) is 2. The first-order valence-electron chi connectivity index (χ1n) is 4.68. The van der Waals surface area contributed by atoms with Crippen molar-refractivity contribution in [3.8, 4) is 6.07 Å². The van der Waals surface area contributed by atoms with Crippen LogP contribution in [0.2, 0.25) is 0 Å². The van der Waals surface area contributed by atoms with Crippen molar-refractivity contribution in [1.29, 1.82) is 5.26 Å². The highest BCUT2D eigenvalue weighted by Crippen LogP contribution is 2.22. The Hall–Kier alpha value is -1.83. The van der Waals surface area contributed by atoms with Crippen LogP contribution in [0.15, 0.2) is 10.6 Å². The summed E-state index contributed by atoms with van der Waals surface area (Å²) in [6, 6.07) is 3.59. The first-order chi connectivity index (χ1) is 7.01. The minimum atomic E-state index is -1.02. The van der Waals surface area contributed by atoms with Crippen LogP contribution in [0.1, 0.15) is 26.0 Å². The number of anilines is 1. The van der Waals surface area contributed by atoms with Gasteiger partial charge < -0.3 is 9.84 Å². The number of carbonyl (C=O) groups excluding carboxylic acids is 1. The van der Waals surface area contributed by atoms with Gasteiger partial charge in [0, 0.05) is 6.07 Å². The van der Waals surface area contributed by atoms with Gasteiger partial charge in [0.1, 0.15) is 11.2 Å². The molecule has 1 aromatic rings. The highest BCUT2D eigenvalue weighted by Gasteiger charge is 2.31. The monoisotopic (exact) mass is 207 g/mol. The fraction of sp³-hybridized carbons (Fsp3) is 0.500. The van der Waals surface area contributed by atoms with Crippen LogP contribution >= 0.6 is 0 Å². The van der Waals surface area contributed by atoms with Gasteiger partial charge in [-0.15, -0.1) is 0 Å². The molecular formula is C10H13N3O2. The molecule has 1 N–H and O–H groups in total. The van der Waals surface area contributed by atoms with E-state index in [-0.39, 0.29) is 5.91 Å². The maximum Gasteiger partial charge on any atom is 0.245 e. The van der Waals surface area contributed by atoms with Gasteiger partial charge in [-0.3, -0.25) is 4.79 Å². The van der Waals surface area contributed by atoms with Gasteiger partial charge in [-0.2, -0.15) is 5.26 Å². The quantitative estimate of drug-likeness (QED) is 0.820. The summed E-state index contributed by atoms with van der Waals surface area (Å²) >= 11 is 0. The summed E-state index contributed by atoms with van der Waals surface area (Å²) in [5.41, 5.74) is -1.02. The molecule has 0 fully saturated rings. The average molecular weight is 207 g/mol. The van der Waals surface area contributed by atoms with E-state index in [1.165, 1.54) is 0 Å². The molecule has 0 aliphatic carbocycles. The number of aromatic nitrogens is 1. The molecule has 1 heterocycles. The number of amides is 1. The number of aryl methyl sites for hydroxylation is 1. The molecule has 0 saturated carbocycles. The summed E-state index contributed by atoms with van der Waals surface area (Å²) in [5, 5.41) is 15.0. The third-order valence-corrected chi connectivity index (χ3v) is 2.32. The van der Waals surface area contributed by atoms with E-state index in [1.54, 1.807) is 26.8 Å². The maximum atomic E-state index is 11.7. The Morgan fingerprint density at radius 2 is 2.47 bits per heavy atom. The largest absolute Gasteiger partial charge is 0.360 e. The van der Waals surface area contributed by atoms with Gasteiger partial charge >= 0.3 is 0 Å². The van der Waals surface area contributed by atoms with Crippen LogP contribution in [0.4, 0.5) is 5.82 Å². The van der Waals surface area contributed by atoms with E-state index in [9.17, 15) is 4.79 Å². The highest BCUT2D eigenvalue weighted by molar-refractivity contribution is 5.96. The lowest BCUT2D eigenvalue weighted by molar-refractivity contribution is -0.122. The van der Waals surface area contributed by atoms with Gasteiger partial charge in [0.2, 0.25) is 5.91 Å². The summed E-state index contributed by atoms with van der Waals surface area (Å²) in [7, 11) is 0. The summed E-state index contributed by atoms with van der Waals surface area (Å²) in [4.78, 5) is 11.7. The van der Waals surface area contributed by atoms with Crippen LogP contribution in [-0.2, 0) is 4.79 Å². The van der Waals surface area contributed by atoms with E-state index >= 15 is 0 Å². The first kappa shape index (κ1) is 11.2. The fourth-order valence-electron chi connectivity index (χ4n) is 0.970. The highest BCUT2D eigenvalue weighted by atomic mass is 16.5. The normalized spacial score (nSPS) is 14.0. The van der Waals surface area contributed by atoms with Crippen LogP contribution in [0.25, 0.3) is 0 Å². The molecule has 1 amide bonds. The lowest BCUT2D eigenvalue weighted by Gasteiger charge is -2.16. The molecule has 0 spiro atoms. The van der Waals surface area contributed by atoms with Crippen LogP contribution in [0, 0.1) is 23.7 Å². The van der Waals surface area contributed by atoms with Crippen molar-refractivity contribution in [2.75, 3.05) is 5.32 Å². The van der Waals surface area contributed by atoms with Crippen molar-refractivity contribution in [3.63, 3.8) is 0 Å². The van der Waals surface area contributed by atoms with Crippen molar-refractivity contribution < 1.29 is 9.32 Å².